The van der Waals surface area contributed by atoms with Crippen molar-refractivity contribution in [3.05, 3.63) is 69.6 Å². The highest BCUT2D eigenvalue weighted by Gasteiger charge is 2.47. The number of nitrogens with zero attached hydrogens (tertiary/aromatic N) is 5. The highest BCUT2D eigenvalue weighted by molar-refractivity contribution is 7.92. The minimum atomic E-state index is -4.87. The molecule has 0 radical (unpaired) electrons. The van der Waals surface area contributed by atoms with Crippen molar-refractivity contribution in [2.45, 2.75) is 45.0 Å². The molecule has 2 aromatic rings. The van der Waals surface area contributed by atoms with Crippen LogP contribution >= 0.6 is 0 Å². The summed E-state index contributed by atoms with van der Waals surface area (Å²) in [7, 11) is 0.260. The molecule has 2 fully saturated rings. The van der Waals surface area contributed by atoms with E-state index in [4.69, 9.17) is 0 Å². The lowest BCUT2D eigenvalue weighted by atomic mass is 9.89. The number of carbonyl (C=O) groups excluding carboxylic acids is 2. The minimum Gasteiger partial charge on any atom is -0.406 e. The summed E-state index contributed by atoms with van der Waals surface area (Å²) in [5.41, 5.74) is 1.87. The number of benzene rings is 2. The van der Waals surface area contributed by atoms with Crippen molar-refractivity contribution in [2.75, 3.05) is 66.5 Å². The number of alkyl halides is 3. The number of halogens is 3. The van der Waals surface area contributed by atoms with Gasteiger partial charge in [-0.05, 0) is 107 Å². The summed E-state index contributed by atoms with van der Waals surface area (Å²) in [4.78, 5) is 37.3. The first-order valence-electron chi connectivity index (χ1n) is 16.3. The van der Waals surface area contributed by atoms with Crippen LogP contribution in [-0.4, -0.2) is 123 Å². The molecule has 5 rings (SSSR count). The van der Waals surface area contributed by atoms with Crippen LogP contribution in [0.15, 0.2) is 46.8 Å². The van der Waals surface area contributed by atoms with Crippen molar-refractivity contribution in [3.63, 3.8) is 0 Å². The standard InChI is InChI=1S/C34H43F3N6O5S/c1-24-21-27(31(44)42-18-16-41(17-19-42)13-6-12-40(3)4)22-25(2)29(24)9-20-49(46,47)43-14-10-33(11-15-43)32(45)38-30(39-33)26-7-5-8-28(23-26)48-34(35,36)37/h5,7-9,20-23H,6,10-19H2,1-4H3,(H,38,39,45). The second-order valence-electron chi connectivity index (χ2n) is 13.1. The van der Waals surface area contributed by atoms with Crippen molar-refractivity contribution in [1.29, 1.82) is 0 Å². The maximum Gasteiger partial charge on any atom is 0.573 e. The van der Waals surface area contributed by atoms with Crippen LogP contribution in [0.3, 0.4) is 0 Å². The number of amidine groups is 1. The topological polar surface area (TPSA) is 115 Å². The maximum absolute atomic E-state index is 13.3. The molecular formula is C34H43F3N6O5S. The molecule has 2 aromatic carbocycles. The van der Waals surface area contributed by atoms with Gasteiger partial charge in [-0.25, -0.2) is 8.42 Å². The lowest BCUT2D eigenvalue weighted by Crippen LogP contribution is -2.50. The van der Waals surface area contributed by atoms with E-state index in [1.807, 2.05) is 18.7 Å². The molecule has 0 atom stereocenters. The van der Waals surface area contributed by atoms with E-state index in [1.54, 1.807) is 18.2 Å². The molecule has 15 heteroatoms. The normalized spacial score (nSPS) is 19.1. The van der Waals surface area contributed by atoms with Gasteiger partial charge in [0.1, 0.15) is 17.1 Å². The number of piperazine rings is 1. The molecule has 0 aliphatic carbocycles. The lowest BCUT2D eigenvalue weighted by molar-refractivity contribution is -0.274. The molecular weight excluding hydrogens is 661 g/mol. The molecule has 1 N–H and O–H groups in total. The van der Waals surface area contributed by atoms with Crippen molar-refractivity contribution in [3.8, 4) is 5.75 Å². The number of piperidine rings is 1. The predicted molar refractivity (Wildman–Crippen MR) is 181 cm³/mol. The first-order valence-corrected chi connectivity index (χ1v) is 17.8. The molecule has 0 bridgehead atoms. The van der Waals surface area contributed by atoms with Gasteiger partial charge in [-0.3, -0.25) is 19.5 Å². The predicted octanol–water partition coefficient (Wildman–Crippen LogP) is 3.62. The van der Waals surface area contributed by atoms with E-state index in [0.29, 0.717) is 24.2 Å². The van der Waals surface area contributed by atoms with Gasteiger partial charge in [-0.1, -0.05) is 12.1 Å². The Morgan fingerprint density at radius 3 is 2.31 bits per heavy atom. The number of aliphatic imine (C=N–C) groups is 1. The fourth-order valence-electron chi connectivity index (χ4n) is 6.51. The lowest BCUT2D eigenvalue weighted by Gasteiger charge is -2.35. The molecule has 2 saturated heterocycles. The van der Waals surface area contributed by atoms with Crippen LogP contribution in [0.25, 0.3) is 6.08 Å². The van der Waals surface area contributed by atoms with Crippen LogP contribution in [-0.2, 0) is 14.8 Å². The summed E-state index contributed by atoms with van der Waals surface area (Å²) in [5.74, 6) is -0.796. The van der Waals surface area contributed by atoms with Gasteiger partial charge in [0.2, 0.25) is 10.0 Å². The molecule has 3 aliphatic heterocycles. The Kier molecular flexibility index (Phi) is 10.9. The molecule has 266 valence electrons. The summed E-state index contributed by atoms with van der Waals surface area (Å²) in [6.07, 6.45) is -2.03. The van der Waals surface area contributed by atoms with Gasteiger partial charge in [0.05, 0.1) is 0 Å². The quantitative estimate of drug-likeness (QED) is 0.402. The minimum absolute atomic E-state index is 0.0302. The molecule has 0 saturated carbocycles. The van der Waals surface area contributed by atoms with E-state index in [-0.39, 0.29) is 43.2 Å². The van der Waals surface area contributed by atoms with E-state index in [2.05, 4.69) is 38.9 Å². The molecule has 1 spiro atoms. The number of ether oxygens (including phenoxy) is 1. The number of aryl methyl sites for hydroxylation is 2. The molecule has 3 heterocycles. The average Bonchev–Trinajstić information content (AvgIpc) is 3.34. The summed E-state index contributed by atoms with van der Waals surface area (Å²) < 4.78 is 70.0. The van der Waals surface area contributed by atoms with Gasteiger partial charge in [0.15, 0.2) is 0 Å². The summed E-state index contributed by atoms with van der Waals surface area (Å²) in [5, 5.41) is 3.79. The fraction of sp³-hybridized carbons (Fsp3) is 0.500. The summed E-state index contributed by atoms with van der Waals surface area (Å²) in [6.45, 7) is 8.79. The number of sulfonamides is 1. The molecule has 2 amide bonds. The van der Waals surface area contributed by atoms with Gasteiger partial charge in [-0.2, -0.15) is 4.31 Å². The smallest absolute Gasteiger partial charge is 0.406 e. The largest absolute Gasteiger partial charge is 0.573 e. The first-order chi connectivity index (χ1) is 23.0. The van der Waals surface area contributed by atoms with E-state index in [1.165, 1.54) is 16.4 Å². The van der Waals surface area contributed by atoms with Crippen LogP contribution in [0, 0.1) is 13.8 Å². The zero-order valence-electron chi connectivity index (χ0n) is 28.2. The molecule has 11 nitrogen and oxygen atoms in total. The van der Waals surface area contributed by atoms with Gasteiger partial charge >= 0.3 is 6.36 Å². The van der Waals surface area contributed by atoms with E-state index < -0.39 is 33.6 Å². The molecule has 3 aliphatic rings. The second kappa shape index (κ2) is 14.6. The SMILES string of the molecule is Cc1cc(C(=O)N2CCN(CCCN(C)C)CC2)cc(C)c1C=CS(=O)(=O)N1CCC2(CC1)N=C(c1cccc(OC(F)(F)F)c1)NC2=O. The Bertz CT molecular complexity index is 1700. The highest BCUT2D eigenvalue weighted by atomic mass is 32.2. The number of rotatable bonds is 10. The average molecular weight is 705 g/mol. The molecule has 0 unspecified atom stereocenters. The third-order valence-electron chi connectivity index (χ3n) is 9.22. The Morgan fingerprint density at radius 2 is 1.69 bits per heavy atom. The molecule has 0 aromatic heterocycles. The van der Waals surface area contributed by atoms with Crippen molar-refractivity contribution in [1.82, 2.24) is 24.3 Å². The van der Waals surface area contributed by atoms with Crippen LogP contribution in [0.4, 0.5) is 13.2 Å². The van der Waals surface area contributed by atoms with E-state index in [0.717, 1.165) is 61.3 Å². The van der Waals surface area contributed by atoms with Crippen molar-refractivity contribution < 1.29 is 35.9 Å². The van der Waals surface area contributed by atoms with Gasteiger partial charge in [-0.15, -0.1) is 13.2 Å². The van der Waals surface area contributed by atoms with Crippen LogP contribution in [0.1, 0.15) is 51.9 Å². The number of hydrogen-bond donors (Lipinski definition) is 1. The zero-order valence-corrected chi connectivity index (χ0v) is 29.0. The summed E-state index contributed by atoms with van der Waals surface area (Å²) >= 11 is 0. The molecule has 49 heavy (non-hydrogen) atoms. The first kappa shape index (κ1) is 36.5. The Morgan fingerprint density at radius 1 is 1.04 bits per heavy atom. The third-order valence-corrected chi connectivity index (χ3v) is 10.8. The van der Waals surface area contributed by atoms with Gasteiger partial charge < -0.3 is 19.9 Å². The monoisotopic (exact) mass is 704 g/mol. The number of hydrogen-bond acceptors (Lipinski definition) is 8. The van der Waals surface area contributed by atoms with Crippen LogP contribution in [0.2, 0.25) is 0 Å². The number of amides is 2. The highest BCUT2D eigenvalue weighted by Crippen LogP contribution is 2.33. The van der Waals surface area contributed by atoms with E-state index >= 15 is 0 Å². The van der Waals surface area contributed by atoms with Crippen molar-refractivity contribution >= 4 is 33.7 Å². The Labute approximate surface area is 285 Å². The van der Waals surface area contributed by atoms with Crippen LogP contribution in [0.5, 0.6) is 5.75 Å². The van der Waals surface area contributed by atoms with E-state index in [9.17, 15) is 31.2 Å². The van der Waals surface area contributed by atoms with Crippen molar-refractivity contribution in [2.24, 2.45) is 4.99 Å². The Hall–Kier alpha value is -3.79. The Balaban J connectivity index is 1.20. The third kappa shape index (κ3) is 8.87. The fourth-order valence-corrected chi connectivity index (χ4v) is 7.68. The zero-order chi connectivity index (χ0) is 35.6. The maximum atomic E-state index is 13.3. The number of nitrogens with one attached hydrogen (secondary N) is 1. The number of carbonyl (C=O) groups is 2. The van der Waals surface area contributed by atoms with Gasteiger partial charge in [0, 0.05) is 55.8 Å². The second-order valence-corrected chi connectivity index (χ2v) is 14.9. The summed E-state index contributed by atoms with van der Waals surface area (Å²) in [6, 6.07) is 8.76. The van der Waals surface area contributed by atoms with Crippen LogP contribution < -0.4 is 10.1 Å². The van der Waals surface area contributed by atoms with Gasteiger partial charge in [0.25, 0.3) is 11.8 Å².